The van der Waals surface area contributed by atoms with Crippen LogP contribution in [0.4, 0.5) is 13.2 Å². The van der Waals surface area contributed by atoms with Crippen molar-refractivity contribution in [3.05, 3.63) is 35.4 Å². The Morgan fingerprint density at radius 1 is 1.22 bits per heavy atom. The molecule has 1 aromatic rings. The molecule has 0 radical (unpaired) electrons. The maximum Gasteiger partial charge on any atom is 0.416 e. The first-order valence-corrected chi connectivity index (χ1v) is 6.89. The maximum absolute atomic E-state index is 12.3. The van der Waals surface area contributed by atoms with Gasteiger partial charge < -0.3 is 5.11 Å². The van der Waals surface area contributed by atoms with Crippen LogP contribution in [0.15, 0.2) is 24.3 Å². The lowest BCUT2D eigenvalue weighted by Crippen LogP contribution is -2.17. The quantitative estimate of drug-likeness (QED) is 0.921. The van der Waals surface area contributed by atoms with Crippen molar-refractivity contribution in [2.45, 2.75) is 18.3 Å². The second kappa shape index (κ2) is 5.27. The van der Waals surface area contributed by atoms with Crippen molar-refractivity contribution < 1.29 is 26.7 Å². The maximum atomic E-state index is 12.3. The minimum Gasteiger partial charge on any atom is -0.395 e. The van der Waals surface area contributed by atoms with Gasteiger partial charge in [0.15, 0.2) is 9.84 Å². The summed E-state index contributed by atoms with van der Waals surface area (Å²) >= 11 is 0. The number of hydrogen-bond donors (Lipinski definition) is 1. The van der Waals surface area contributed by atoms with Crippen molar-refractivity contribution in [3.8, 4) is 0 Å². The molecule has 7 heteroatoms. The summed E-state index contributed by atoms with van der Waals surface area (Å²) in [4.78, 5) is 0. The fourth-order valence-electron chi connectivity index (χ4n) is 1.45. The standard InChI is InChI=1S/C11H13F3O3S/c1-8(18(16,17)7-6-15)9-2-4-10(5-3-9)11(12,13)14/h2-5,8,15H,6-7H2,1H3. The molecule has 0 amide bonds. The van der Waals surface area contributed by atoms with Crippen LogP contribution in [-0.2, 0) is 16.0 Å². The number of alkyl halides is 3. The molecule has 0 bridgehead atoms. The molecule has 3 nitrogen and oxygen atoms in total. The van der Waals surface area contributed by atoms with E-state index in [9.17, 15) is 21.6 Å². The van der Waals surface area contributed by atoms with E-state index in [-0.39, 0.29) is 5.56 Å². The summed E-state index contributed by atoms with van der Waals surface area (Å²) in [6.45, 7) is 0.876. The van der Waals surface area contributed by atoms with Gasteiger partial charge in [-0.15, -0.1) is 0 Å². The molecule has 0 spiro atoms. The average molecular weight is 282 g/mol. The Balaban J connectivity index is 2.99. The third-order valence-electron chi connectivity index (χ3n) is 2.62. The van der Waals surface area contributed by atoms with E-state index in [4.69, 9.17) is 5.11 Å². The lowest BCUT2D eigenvalue weighted by atomic mass is 10.1. The lowest BCUT2D eigenvalue weighted by Gasteiger charge is -2.13. The fourth-order valence-corrected chi connectivity index (χ4v) is 2.63. The van der Waals surface area contributed by atoms with Gasteiger partial charge in [-0.3, -0.25) is 0 Å². The minimum atomic E-state index is -4.44. The van der Waals surface area contributed by atoms with Crippen LogP contribution in [0.25, 0.3) is 0 Å². The number of halogens is 3. The molecule has 1 rings (SSSR count). The Hall–Kier alpha value is -1.08. The molecule has 1 aromatic carbocycles. The van der Waals surface area contributed by atoms with E-state index in [1.165, 1.54) is 6.92 Å². The molecule has 0 aliphatic heterocycles. The summed E-state index contributed by atoms with van der Waals surface area (Å²) < 4.78 is 60.2. The molecule has 1 atom stereocenters. The van der Waals surface area contributed by atoms with Gasteiger partial charge >= 0.3 is 6.18 Å². The zero-order chi connectivity index (χ0) is 14.0. The molecule has 0 aliphatic carbocycles. The van der Waals surface area contributed by atoms with Gasteiger partial charge in [-0.25, -0.2) is 8.42 Å². The van der Waals surface area contributed by atoms with Crippen LogP contribution < -0.4 is 0 Å². The molecule has 102 valence electrons. The predicted octanol–water partition coefficient (Wildman–Crippen LogP) is 2.17. The molecule has 0 aromatic heterocycles. The number of hydrogen-bond acceptors (Lipinski definition) is 3. The second-order valence-electron chi connectivity index (χ2n) is 3.85. The molecule has 0 heterocycles. The van der Waals surface area contributed by atoms with Gasteiger partial charge in [-0.2, -0.15) is 13.2 Å². The summed E-state index contributed by atoms with van der Waals surface area (Å²) in [5.41, 5.74) is -0.547. The lowest BCUT2D eigenvalue weighted by molar-refractivity contribution is -0.137. The van der Waals surface area contributed by atoms with Gasteiger partial charge in [0.25, 0.3) is 0 Å². The van der Waals surface area contributed by atoms with Crippen molar-refractivity contribution in [1.82, 2.24) is 0 Å². The number of rotatable bonds is 4. The van der Waals surface area contributed by atoms with Crippen LogP contribution in [-0.4, -0.2) is 25.9 Å². The number of aliphatic hydroxyl groups is 1. The van der Waals surface area contributed by atoms with Crippen molar-refractivity contribution in [1.29, 1.82) is 0 Å². The monoisotopic (exact) mass is 282 g/mol. The van der Waals surface area contributed by atoms with Crippen molar-refractivity contribution >= 4 is 9.84 Å². The van der Waals surface area contributed by atoms with E-state index in [1.807, 2.05) is 0 Å². The average Bonchev–Trinajstić information content (AvgIpc) is 2.27. The third-order valence-corrected chi connectivity index (χ3v) is 4.72. The Morgan fingerprint density at radius 3 is 2.11 bits per heavy atom. The first kappa shape index (κ1) is 15.0. The summed E-state index contributed by atoms with van der Waals surface area (Å²) in [5, 5.41) is 7.68. The van der Waals surface area contributed by atoms with E-state index in [1.54, 1.807) is 0 Å². The van der Waals surface area contributed by atoms with E-state index in [0.29, 0.717) is 0 Å². The smallest absolute Gasteiger partial charge is 0.395 e. The molecule has 1 N–H and O–H groups in total. The van der Waals surface area contributed by atoms with Gasteiger partial charge in [0.05, 0.1) is 23.2 Å². The van der Waals surface area contributed by atoms with Crippen LogP contribution in [0.1, 0.15) is 23.3 Å². The molecule has 1 unspecified atom stereocenters. The zero-order valence-corrected chi connectivity index (χ0v) is 10.4. The summed E-state index contributed by atoms with van der Waals surface area (Å²) in [6.07, 6.45) is -4.44. The second-order valence-corrected chi connectivity index (χ2v) is 6.29. The number of aliphatic hydroxyl groups excluding tert-OH is 1. The zero-order valence-electron chi connectivity index (χ0n) is 9.61. The first-order chi connectivity index (χ1) is 8.18. The molecule has 0 saturated heterocycles. The highest BCUT2D eigenvalue weighted by molar-refractivity contribution is 7.91. The Bertz CT molecular complexity index is 491. The highest BCUT2D eigenvalue weighted by Crippen LogP contribution is 2.31. The van der Waals surface area contributed by atoms with Gasteiger partial charge in [-0.1, -0.05) is 12.1 Å². The number of sulfone groups is 1. The van der Waals surface area contributed by atoms with Gasteiger partial charge in [-0.05, 0) is 24.6 Å². The van der Waals surface area contributed by atoms with Gasteiger partial charge in [0.2, 0.25) is 0 Å². The highest BCUT2D eigenvalue weighted by Gasteiger charge is 2.30. The Labute approximate surface area is 103 Å². The normalized spacial score (nSPS) is 14.5. The van der Waals surface area contributed by atoms with E-state index in [2.05, 4.69) is 0 Å². The van der Waals surface area contributed by atoms with Crippen LogP contribution in [0.3, 0.4) is 0 Å². The summed E-state index contributed by atoms with van der Waals surface area (Å²) in [7, 11) is -3.54. The van der Waals surface area contributed by atoms with Crippen molar-refractivity contribution in [3.63, 3.8) is 0 Å². The van der Waals surface area contributed by atoms with E-state index >= 15 is 0 Å². The van der Waals surface area contributed by atoms with Gasteiger partial charge in [0, 0.05) is 0 Å². The van der Waals surface area contributed by atoms with Crippen molar-refractivity contribution in [2.75, 3.05) is 12.4 Å². The molecular weight excluding hydrogens is 269 g/mol. The van der Waals surface area contributed by atoms with E-state index in [0.717, 1.165) is 24.3 Å². The van der Waals surface area contributed by atoms with Crippen LogP contribution in [0, 0.1) is 0 Å². The van der Waals surface area contributed by atoms with E-state index < -0.39 is 39.2 Å². The van der Waals surface area contributed by atoms with Gasteiger partial charge in [0.1, 0.15) is 0 Å². The predicted molar refractivity (Wildman–Crippen MR) is 60.7 cm³/mol. The van der Waals surface area contributed by atoms with Crippen LogP contribution in [0.2, 0.25) is 0 Å². The van der Waals surface area contributed by atoms with Crippen LogP contribution >= 0.6 is 0 Å². The fraction of sp³-hybridized carbons (Fsp3) is 0.455. The van der Waals surface area contributed by atoms with Crippen LogP contribution in [0.5, 0.6) is 0 Å². The first-order valence-electron chi connectivity index (χ1n) is 5.18. The topological polar surface area (TPSA) is 54.4 Å². The summed E-state index contributed by atoms with van der Waals surface area (Å²) in [5.74, 6) is -0.408. The minimum absolute atomic E-state index is 0.274. The molecule has 0 fully saturated rings. The SMILES string of the molecule is CC(c1ccc(C(F)(F)F)cc1)S(=O)(=O)CCO. The molecule has 0 aliphatic rings. The molecule has 0 saturated carbocycles. The Kier molecular flexibility index (Phi) is 4.39. The third kappa shape index (κ3) is 3.46. The number of benzene rings is 1. The molecular formula is C11H13F3O3S. The Morgan fingerprint density at radius 2 is 1.72 bits per heavy atom. The van der Waals surface area contributed by atoms with Crippen molar-refractivity contribution in [2.24, 2.45) is 0 Å². The molecule has 18 heavy (non-hydrogen) atoms. The largest absolute Gasteiger partial charge is 0.416 e. The summed E-state index contributed by atoms with van der Waals surface area (Å²) in [6, 6.07) is 3.98. The highest BCUT2D eigenvalue weighted by atomic mass is 32.2.